The van der Waals surface area contributed by atoms with E-state index in [-0.39, 0.29) is 24.4 Å². The number of primary amides is 1. The number of carboxylic acid groups (broad SMARTS) is 1. The monoisotopic (exact) mass is 200 g/mol. The second-order valence-electron chi connectivity index (χ2n) is 3.75. The van der Waals surface area contributed by atoms with Crippen LogP contribution in [0.1, 0.15) is 26.2 Å². The average Bonchev–Trinajstić information content (AvgIpc) is 2.49. The van der Waals surface area contributed by atoms with Crippen LogP contribution in [0.4, 0.5) is 0 Å². The Labute approximate surface area is 82.9 Å². The summed E-state index contributed by atoms with van der Waals surface area (Å²) in [7, 11) is 0. The van der Waals surface area contributed by atoms with Crippen LogP contribution in [0.5, 0.6) is 0 Å². The highest BCUT2D eigenvalue weighted by atomic mass is 16.4. The SMILES string of the molecule is CC(CC(=O)O)N1CCCC1C(N)=O. The molecule has 1 saturated heterocycles. The first-order valence-electron chi connectivity index (χ1n) is 4.79. The molecule has 1 fully saturated rings. The van der Waals surface area contributed by atoms with Gasteiger partial charge >= 0.3 is 5.97 Å². The molecule has 1 rings (SSSR count). The smallest absolute Gasteiger partial charge is 0.304 e. The standard InChI is InChI=1S/C9H16N2O3/c1-6(5-8(12)13)11-4-2-3-7(11)9(10)14/h6-7H,2-5H2,1H3,(H2,10,14)(H,12,13). The fourth-order valence-electron chi connectivity index (χ4n) is 1.99. The fraction of sp³-hybridized carbons (Fsp3) is 0.778. The van der Waals surface area contributed by atoms with Gasteiger partial charge in [0.1, 0.15) is 0 Å². The van der Waals surface area contributed by atoms with E-state index in [0.717, 1.165) is 19.4 Å². The number of carbonyl (C=O) groups is 2. The molecule has 1 aliphatic rings. The number of aliphatic carboxylic acids is 1. The summed E-state index contributed by atoms with van der Waals surface area (Å²) in [6.07, 6.45) is 1.72. The van der Waals surface area contributed by atoms with Crippen molar-refractivity contribution in [2.75, 3.05) is 6.54 Å². The molecular weight excluding hydrogens is 184 g/mol. The van der Waals surface area contributed by atoms with Gasteiger partial charge in [0.05, 0.1) is 12.5 Å². The van der Waals surface area contributed by atoms with Crippen LogP contribution in [0.25, 0.3) is 0 Å². The van der Waals surface area contributed by atoms with Crippen LogP contribution in [-0.2, 0) is 9.59 Å². The lowest BCUT2D eigenvalue weighted by Gasteiger charge is -2.27. The molecule has 0 aromatic heterocycles. The van der Waals surface area contributed by atoms with Gasteiger partial charge in [-0.3, -0.25) is 14.5 Å². The van der Waals surface area contributed by atoms with Crippen molar-refractivity contribution in [2.45, 2.75) is 38.3 Å². The first kappa shape index (κ1) is 11.0. The van der Waals surface area contributed by atoms with Crippen LogP contribution in [0, 0.1) is 0 Å². The molecule has 80 valence electrons. The van der Waals surface area contributed by atoms with Crippen molar-refractivity contribution in [2.24, 2.45) is 5.73 Å². The summed E-state index contributed by atoms with van der Waals surface area (Å²) < 4.78 is 0. The van der Waals surface area contributed by atoms with Crippen molar-refractivity contribution in [3.8, 4) is 0 Å². The third kappa shape index (κ3) is 2.45. The maximum absolute atomic E-state index is 11.0. The number of carboxylic acids is 1. The molecule has 1 aliphatic heterocycles. The van der Waals surface area contributed by atoms with Gasteiger partial charge in [0.2, 0.25) is 5.91 Å². The second kappa shape index (κ2) is 4.41. The van der Waals surface area contributed by atoms with E-state index in [1.807, 2.05) is 11.8 Å². The molecule has 14 heavy (non-hydrogen) atoms. The number of amides is 1. The summed E-state index contributed by atoms with van der Waals surface area (Å²) in [6, 6.07) is -0.392. The summed E-state index contributed by atoms with van der Waals surface area (Å²) >= 11 is 0. The fourth-order valence-corrected chi connectivity index (χ4v) is 1.99. The lowest BCUT2D eigenvalue weighted by Crippen LogP contribution is -2.45. The Morgan fingerprint density at radius 1 is 1.64 bits per heavy atom. The molecule has 3 N–H and O–H groups in total. The lowest BCUT2D eigenvalue weighted by atomic mass is 10.1. The Balaban J connectivity index is 2.57. The van der Waals surface area contributed by atoms with Crippen LogP contribution in [0.3, 0.4) is 0 Å². The molecule has 0 spiro atoms. The van der Waals surface area contributed by atoms with Gasteiger partial charge in [-0.25, -0.2) is 0 Å². The summed E-state index contributed by atoms with van der Waals surface area (Å²) in [4.78, 5) is 23.4. The molecule has 1 amide bonds. The topological polar surface area (TPSA) is 83.6 Å². The summed E-state index contributed by atoms with van der Waals surface area (Å²) in [6.45, 7) is 2.58. The Bertz CT molecular complexity index is 242. The molecule has 2 unspecified atom stereocenters. The van der Waals surface area contributed by atoms with Crippen LogP contribution in [-0.4, -0.2) is 40.5 Å². The number of hydrogen-bond donors (Lipinski definition) is 2. The van der Waals surface area contributed by atoms with Crippen molar-refractivity contribution < 1.29 is 14.7 Å². The van der Waals surface area contributed by atoms with Crippen molar-refractivity contribution in [1.82, 2.24) is 4.90 Å². The Hall–Kier alpha value is -1.10. The molecule has 1 heterocycles. The summed E-state index contributed by atoms with van der Waals surface area (Å²) in [5.74, 6) is -1.19. The maximum Gasteiger partial charge on any atom is 0.304 e. The zero-order chi connectivity index (χ0) is 10.7. The minimum atomic E-state index is -0.840. The van der Waals surface area contributed by atoms with Crippen LogP contribution < -0.4 is 5.73 Å². The lowest BCUT2D eigenvalue weighted by molar-refractivity contribution is -0.139. The molecule has 0 bridgehead atoms. The zero-order valence-electron chi connectivity index (χ0n) is 8.27. The molecule has 5 heteroatoms. The van der Waals surface area contributed by atoms with E-state index < -0.39 is 5.97 Å². The highest BCUT2D eigenvalue weighted by Crippen LogP contribution is 2.21. The van der Waals surface area contributed by atoms with Gasteiger partial charge in [-0.1, -0.05) is 0 Å². The minimum Gasteiger partial charge on any atom is -0.481 e. The molecule has 2 atom stereocenters. The first-order valence-corrected chi connectivity index (χ1v) is 4.79. The van der Waals surface area contributed by atoms with E-state index in [9.17, 15) is 9.59 Å². The molecule has 0 saturated carbocycles. The van der Waals surface area contributed by atoms with E-state index in [1.165, 1.54) is 0 Å². The van der Waals surface area contributed by atoms with Crippen LogP contribution in [0.2, 0.25) is 0 Å². The molecule has 0 radical (unpaired) electrons. The van der Waals surface area contributed by atoms with Gasteiger partial charge in [-0.2, -0.15) is 0 Å². The number of hydrogen-bond acceptors (Lipinski definition) is 3. The van der Waals surface area contributed by atoms with Crippen molar-refractivity contribution in [3.63, 3.8) is 0 Å². The van der Waals surface area contributed by atoms with E-state index in [0.29, 0.717) is 0 Å². The number of carbonyl (C=O) groups excluding carboxylic acids is 1. The van der Waals surface area contributed by atoms with E-state index >= 15 is 0 Å². The minimum absolute atomic E-state index is 0.0593. The molecule has 5 nitrogen and oxygen atoms in total. The summed E-state index contributed by atoms with van der Waals surface area (Å²) in [5, 5.41) is 8.63. The Morgan fingerprint density at radius 3 is 2.79 bits per heavy atom. The van der Waals surface area contributed by atoms with Crippen LogP contribution >= 0.6 is 0 Å². The summed E-state index contributed by atoms with van der Waals surface area (Å²) in [5.41, 5.74) is 5.23. The van der Waals surface area contributed by atoms with Gasteiger partial charge in [-0.15, -0.1) is 0 Å². The highest BCUT2D eigenvalue weighted by molar-refractivity contribution is 5.80. The third-order valence-electron chi connectivity index (χ3n) is 2.66. The van der Waals surface area contributed by atoms with E-state index in [1.54, 1.807) is 0 Å². The Kier molecular flexibility index (Phi) is 3.46. The van der Waals surface area contributed by atoms with Crippen molar-refractivity contribution in [3.05, 3.63) is 0 Å². The van der Waals surface area contributed by atoms with Gasteiger partial charge < -0.3 is 10.8 Å². The predicted molar refractivity (Wildman–Crippen MR) is 50.6 cm³/mol. The number of nitrogens with two attached hydrogens (primary N) is 1. The van der Waals surface area contributed by atoms with Gasteiger partial charge in [0.25, 0.3) is 0 Å². The van der Waals surface area contributed by atoms with Crippen LogP contribution in [0.15, 0.2) is 0 Å². The van der Waals surface area contributed by atoms with E-state index in [2.05, 4.69) is 0 Å². The number of nitrogens with zero attached hydrogens (tertiary/aromatic N) is 1. The molecule has 0 aromatic rings. The average molecular weight is 200 g/mol. The highest BCUT2D eigenvalue weighted by Gasteiger charge is 2.32. The van der Waals surface area contributed by atoms with Gasteiger partial charge in [-0.05, 0) is 26.3 Å². The van der Waals surface area contributed by atoms with Gasteiger partial charge in [0.15, 0.2) is 0 Å². The van der Waals surface area contributed by atoms with Crippen molar-refractivity contribution in [1.29, 1.82) is 0 Å². The first-order chi connectivity index (χ1) is 6.52. The third-order valence-corrected chi connectivity index (χ3v) is 2.66. The number of likely N-dealkylation sites (tertiary alicyclic amines) is 1. The Morgan fingerprint density at radius 2 is 2.29 bits per heavy atom. The predicted octanol–water partition coefficient (Wildman–Crippen LogP) is -0.201. The van der Waals surface area contributed by atoms with Gasteiger partial charge in [0, 0.05) is 6.04 Å². The quantitative estimate of drug-likeness (QED) is 0.658. The number of rotatable bonds is 4. The van der Waals surface area contributed by atoms with E-state index in [4.69, 9.17) is 10.8 Å². The zero-order valence-corrected chi connectivity index (χ0v) is 8.27. The molecule has 0 aromatic carbocycles. The second-order valence-corrected chi connectivity index (χ2v) is 3.75. The normalized spacial score (nSPS) is 24.8. The molecular formula is C9H16N2O3. The van der Waals surface area contributed by atoms with Crippen molar-refractivity contribution >= 4 is 11.9 Å². The maximum atomic E-state index is 11.0. The molecule has 0 aliphatic carbocycles. The largest absolute Gasteiger partial charge is 0.481 e.